The molecule has 20 heavy (non-hydrogen) atoms. The van der Waals surface area contributed by atoms with Crippen LogP contribution in [0.15, 0.2) is 18.2 Å². The molecule has 106 valence electrons. The second-order valence-electron chi connectivity index (χ2n) is 5.78. The van der Waals surface area contributed by atoms with Crippen molar-refractivity contribution in [1.82, 2.24) is 0 Å². The second kappa shape index (κ2) is 5.09. The lowest BCUT2D eigenvalue weighted by atomic mass is 9.76. The molecule has 1 aliphatic carbocycles. The van der Waals surface area contributed by atoms with Crippen molar-refractivity contribution in [3.63, 3.8) is 0 Å². The summed E-state index contributed by atoms with van der Waals surface area (Å²) in [6.45, 7) is 0. The molecule has 3 nitrogen and oxygen atoms in total. The van der Waals surface area contributed by atoms with Crippen molar-refractivity contribution in [1.29, 1.82) is 0 Å². The van der Waals surface area contributed by atoms with Crippen molar-refractivity contribution in [2.45, 2.75) is 38.5 Å². The van der Waals surface area contributed by atoms with E-state index in [0.29, 0.717) is 12.8 Å². The minimum atomic E-state index is -0.513. The molecule has 1 aromatic rings. The molecule has 3 rings (SSSR count). The maximum Gasteiger partial charge on any atom is 0.234 e. The summed E-state index contributed by atoms with van der Waals surface area (Å²) in [5.41, 5.74) is -0.0575. The molecule has 0 unspecified atom stereocenters. The number of amides is 2. The van der Waals surface area contributed by atoms with E-state index in [9.17, 15) is 14.0 Å². The lowest BCUT2D eigenvalue weighted by Crippen LogP contribution is -2.47. The molecule has 1 heterocycles. The fourth-order valence-corrected chi connectivity index (χ4v) is 3.86. The smallest absolute Gasteiger partial charge is 0.234 e. The number of piperidine rings is 1. The van der Waals surface area contributed by atoms with Crippen molar-refractivity contribution >= 4 is 40.1 Å². The Balaban J connectivity index is 1.91. The number of benzene rings is 1. The molecular weight excluding hydrogens is 372 g/mol. The standard InChI is InChI=1S/C15H15FINO2/c16-11-7-10(17)3-4-12(11)18-13(19)8-15(9-14(18)20)5-1-2-6-15/h3-4,7H,1-2,5-6,8-9H2. The molecule has 1 aromatic carbocycles. The van der Waals surface area contributed by atoms with E-state index in [0.717, 1.165) is 34.2 Å². The van der Waals surface area contributed by atoms with Gasteiger partial charge in [0, 0.05) is 16.4 Å². The third-order valence-corrected chi connectivity index (χ3v) is 5.04. The quantitative estimate of drug-likeness (QED) is 0.545. The van der Waals surface area contributed by atoms with E-state index in [2.05, 4.69) is 0 Å². The summed E-state index contributed by atoms with van der Waals surface area (Å²) in [4.78, 5) is 25.7. The molecule has 1 saturated carbocycles. The predicted octanol–water partition coefficient (Wildman–Crippen LogP) is 3.64. The number of carbonyl (C=O) groups excluding carboxylic acids is 2. The number of hydrogen-bond donors (Lipinski definition) is 0. The third kappa shape index (κ3) is 2.36. The summed E-state index contributed by atoms with van der Waals surface area (Å²) in [6, 6.07) is 4.56. The van der Waals surface area contributed by atoms with Gasteiger partial charge in [-0.15, -0.1) is 0 Å². The molecule has 2 amide bonds. The van der Waals surface area contributed by atoms with Crippen LogP contribution in [-0.2, 0) is 9.59 Å². The van der Waals surface area contributed by atoms with Gasteiger partial charge in [-0.25, -0.2) is 9.29 Å². The SMILES string of the molecule is O=C1CC2(CCCC2)CC(=O)N1c1ccc(I)cc1F. The molecule has 2 fully saturated rings. The minimum absolute atomic E-state index is 0.0910. The van der Waals surface area contributed by atoms with Gasteiger partial charge in [0.15, 0.2) is 0 Å². The summed E-state index contributed by atoms with van der Waals surface area (Å²) < 4.78 is 14.7. The molecule has 2 aliphatic rings. The van der Waals surface area contributed by atoms with E-state index in [1.165, 1.54) is 12.1 Å². The summed E-state index contributed by atoms with van der Waals surface area (Å²) in [5, 5.41) is 0. The molecule has 1 aliphatic heterocycles. The molecule has 0 atom stereocenters. The second-order valence-corrected chi connectivity index (χ2v) is 7.02. The predicted molar refractivity (Wildman–Crippen MR) is 81.7 cm³/mol. The van der Waals surface area contributed by atoms with Crippen LogP contribution in [0.25, 0.3) is 0 Å². The first-order chi connectivity index (χ1) is 9.51. The molecule has 0 radical (unpaired) electrons. The maximum absolute atomic E-state index is 14.0. The third-order valence-electron chi connectivity index (χ3n) is 4.37. The van der Waals surface area contributed by atoms with Crippen molar-refractivity contribution in [2.24, 2.45) is 5.41 Å². The average molecular weight is 387 g/mol. The Bertz CT molecular complexity index is 561. The summed E-state index contributed by atoms with van der Waals surface area (Å²) >= 11 is 2.00. The zero-order valence-electron chi connectivity index (χ0n) is 11.0. The first-order valence-corrected chi connectivity index (χ1v) is 7.90. The fourth-order valence-electron chi connectivity index (χ4n) is 3.41. The van der Waals surface area contributed by atoms with Crippen LogP contribution < -0.4 is 4.90 Å². The van der Waals surface area contributed by atoms with Crippen molar-refractivity contribution < 1.29 is 14.0 Å². The Morgan fingerprint density at radius 1 is 1.10 bits per heavy atom. The van der Waals surface area contributed by atoms with Crippen LogP contribution in [0.4, 0.5) is 10.1 Å². The number of hydrogen-bond acceptors (Lipinski definition) is 2. The summed E-state index contributed by atoms with van der Waals surface area (Å²) in [5.74, 6) is -1.03. The first-order valence-electron chi connectivity index (χ1n) is 6.82. The summed E-state index contributed by atoms with van der Waals surface area (Å²) in [7, 11) is 0. The molecular formula is C15H15FINO2. The molecule has 0 N–H and O–H groups in total. The Morgan fingerprint density at radius 3 is 2.25 bits per heavy atom. The Morgan fingerprint density at radius 2 is 1.70 bits per heavy atom. The molecule has 0 bridgehead atoms. The van der Waals surface area contributed by atoms with Crippen LogP contribution in [0.2, 0.25) is 0 Å². The van der Waals surface area contributed by atoms with E-state index in [1.807, 2.05) is 22.6 Å². The molecule has 5 heteroatoms. The van der Waals surface area contributed by atoms with Gasteiger partial charge in [0.2, 0.25) is 11.8 Å². The van der Waals surface area contributed by atoms with Gasteiger partial charge < -0.3 is 0 Å². The topological polar surface area (TPSA) is 37.4 Å². The largest absolute Gasteiger partial charge is 0.274 e. The van der Waals surface area contributed by atoms with Gasteiger partial charge in [0.25, 0.3) is 0 Å². The van der Waals surface area contributed by atoms with Gasteiger partial charge in [0.1, 0.15) is 5.82 Å². The van der Waals surface area contributed by atoms with Crippen LogP contribution in [0.5, 0.6) is 0 Å². The highest BCUT2D eigenvalue weighted by Crippen LogP contribution is 2.47. The van der Waals surface area contributed by atoms with Crippen molar-refractivity contribution in [3.05, 3.63) is 27.6 Å². The van der Waals surface area contributed by atoms with E-state index >= 15 is 0 Å². The number of anilines is 1. The Kier molecular flexibility index (Phi) is 3.56. The van der Waals surface area contributed by atoms with Gasteiger partial charge >= 0.3 is 0 Å². The van der Waals surface area contributed by atoms with Crippen LogP contribution in [0.1, 0.15) is 38.5 Å². The van der Waals surface area contributed by atoms with Crippen molar-refractivity contribution in [2.75, 3.05) is 4.90 Å². The molecule has 1 saturated heterocycles. The minimum Gasteiger partial charge on any atom is -0.274 e. The van der Waals surface area contributed by atoms with Crippen LogP contribution in [0, 0.1) is 14.8 Å². The van der Waals surface area contributed by atoms with E-state index < -0.39 is 5.82 Å². The van der Waals surface area contributed by atoms with Crippen LogP contribution in [0.3, 0.4) is 0 Å². The van der Waals surface area contributed by atoms with E-state index in [4.69, 9.17) is 0 Å². The zero-order valence-corrected chi connectivity index (χ0v) is 13.2. The zero-order chi connectivity index (χ0) is 14.3. The normalized spacial score (nSPS) is 21.8. The Hall–Kier alpha value is -0.980. The highest BCUT2D eigenvalue weighted by molar-refractivity contribution is 14.1. The summed E-state index contributed by atoms with van der Waals surface area (Å²) in [6.07, 6.45) is 4.77. The van der Waals surface area contributed by atoms with Crippen molar-refractivity contribution in [3.8, 4) is 0 Å². The lowest BCUT2D eigenvalue weighted by Gasteiger charge is -2.37. The first kappa shape index (κ1) is 14.0. The van der Waals surface area contributed by atoms with Gasteiger partial charge in [-0.3, -0.25) is 9.59 Å². The molecule has 1 spiro atoms. The van der Waals surface area contributed by atoms with Crippen LogP contribution >= 0.6 is 22.6 Å². The number of halogens is 2. The van der Waals surface area contributed by atoms with Gasteiger partial charge in [-0.2, -0.15) is 0 Å². The number of rotatable bonds is 1. The van der Waals surface area contributed by atoms with E-state index in [1.54, 1.807) is 6.07 Å². The maximum atomic E-state index is 14.0. The van der Waals surface area contributed by atoms with Gasteiger partial charge in [0.05, 0.1) is 5.69 Å². The van der Waals surface area contributed by atoms with Crippen LogP contribution in [-0.4, -0.2) is 11.8 Å². The molecule has 0 aromatic heterocycles. The van der Waals surface area contributed by atoms with Gasteiger partial charge in [-0.05, 0) is 59.0 Å². The lowest BCUT2D eigenvalue weighted by molar-refractivity contribution is -0.133. The number of nitrogens with zero attached hydrogens (tertiary/aromatic N) is 1. The highest BCUT2D eigenvalue weighted by Gasteiger charge is 2.45. The van der Waals surface area contributed by atoms with Gasteiger partial charge in [-0.1, -0.05) is 12.8 Å². The monoisotopic (exact) mass is 387 g/mol. The average Bonchev–Trinajstić information content (AvgIpc) is 2.79. The fraction of sp³-hybridized carbons (Fsp3) is 0.467. The Labute approximate surface area is 130 Å². The number of carbonyl (C=O) groups is 2. The van der Waals surface area contributed by atoms with E-state index in [-0.39, 0.29) is 22.9 Å². The number of imide groups is 1. The highest BCUT2D eigenvalue weighted by atomic mass is 127.